The van der Waals surface area contributed by atoms with Crippen molar-refractivity contribution in [2.24, 2.45) is 0 Å². The molecule has 0 aliphatic carbocycles. The number of hydrogen-bond acceptors (Lipinski definition) is 4. The van der Waals surface area contributed by atoms with Crippen LogP contribution in [0.3, 0.4) is 0 Å². The summed E-state index contributed by atoms with van der Waals surface area (Å²) in [6.07, 6.45) is -4.04. The number of amides is 1. The van der Waals surface area contributed by atoms with Crippen LogP contribution >= 0.6 is 0 Å². The van der Waals surface area contributed by atoms with E-state index in [4.69, 9.17) is 5.11 Å². The molecule has 9 heteroatoms. The number of aliphatic hydroxyl groups excluding tert-OH is 1. The SMILES string of the molecule is CCCNC(=O)Cn1nnc(CO)c1C(F)(F)F. The van der Waals surface area contributed by atoms with Gasteiger partial charge < -0.3 is 10.4 Å². The highest BCUT2D eigenvalue weighted by atomic mass is 19.4. The Hall–Kier alpha value is -1.64. The number of aromatic nitrogens is 3. The molecule has 0 unspecified atom stereocenters. The van der Waals surface area contributed by atoms with Crippen LogP contribution in [-0.4, -0.2) is 32.6 Å². The standard InChI is InChI=1S/C9H13F3N4O2/c1-2-3-13-7(18)4-16-8(9(10,11)12)6(5-17)14-15-16/h17H,2-5H2,1H3,(H,13,18). The van der Waals surface area contributed by atoms with Gasteiger partial charge >= 0.3 is 6.18 Å². The van der Waals surface area contributed by atoms with Crippen molar-refractivity contribution < 1.29 is 23.1 Å². The number of aliphatic hydroxyl groups is 1. The van der Waals surface area contributed by atoms with Crippen molar-refractivity contribution in [2.45, 2.75) is 32.7 Å². The van der Waals surface area contributed by atoms with Crippen molar-refractivity contribution in [3.05, 3.63) is 11.4 Å². The summed E-state index contributed by atoms with van der Waals surface area (Å²) in [5, 5.41) is 17.6. The Morgan fingerprint density at radius 1 is 1.50 bits per heavy atom. The largest absolute Gasteiger partial charge is 0.435 e. The van der Waals surface area contributed by atoms with E-state index in [9.17, 15) is 18.0 Å². The summed E-state index contributed by atoms with van der Waals surface area (Å²) in [5.41, 5.74) is -1.79. The first-order valence-electron chi connectivity index (χ1n) is 5.27. The van der Waals surface area contributed by atoms with Crippen LogP contribution in [-0.2, 0) is 24.1 Å². The molecule has 0 radical (unpaired) electrons. The first-order chi connectivity index (χ1) is 8.40. The quantitative estimate of drug-likeness (QED) is 0.804. The van der Waals surface area contributed by atoms with E-state index < -0.39 is 36.6 Å². The Bertz CT molecular complexity index is 416. The maximum absolute atomic E-state index is 12.7. The van der Waals surface area contributed by atoms with Gasteiger partial charge in [0.15, 0.2) is 5.69 Å². The van der Waals surface area contributed by atoms with Crippen molar-refractivity contribution in [3.8, 4) is 0 Å². The van der Waals surface area contributed by atoms with E-state index in [0.29, 0.717) is 17.6 Å². The number of alkyl halides is 3. The molecule has 6 nitrogen and oxygen atoms in total. The maximum atomic E-state index is 12.7. The molecule has 1 rings (SSSR count). The molecule has 0 bridgehead atoms. The molecule has 1 amide bonds. The van der Waals surface area contributed by atoms with E-state index in [2.05, 4.69) is 15.6 Å². The Labute approximate surface area is 101 Å². The predicted molar refractivity (Wildman–Crippen MR) is 54.2 cm³/mol. The molecule has 1 heterocycles. The number of nitrogens with zero attached hydrogens (tertiary/aromatic N) is 3. The van der Waals surface area contributed by atoms with E-state index >= 15 is 0 Å². The van der Waals surface area contributed by atoms with Gasteiger partial charge in [-0.1, -0.05) is 12.1 Å². The normalized spacial score (nSPS) is 11.6. The lowest BCUT2D eigenvalue weighted by Crippen LogP contribution is -2.30. The van der Waals surface area contributed by atoms with Crippen molar-refractivity contribution in [1.29, 1.82) is 0 Å². The Morgan fingerprint density at radius 3 is 2.67 bits per heavy atom. The number of hydrogen-bond donors (Lipinski definition) is 2. The number of carbonyl (C=O) groups is 1. The van der Waals surface area contributed by atoms with Gasteiger partial charge in [-0.25, -0.2) is 4.68 Å². The third-order valence-corrected chi connectivity index (χ3v) is 2.09. The zero-order valence-corrected chi connectivity index (χ0v) is 9.66. The van der Waals surface area contributed by atoms with Crippen LogP contribution in [0.4, 0.5) is 13.2 Å². The molecule has 0 spiro atoms. The Balaban J connectivity index is 2.89. The third kappa shape index (κ3) is 3.42. The van der Waals surface area contributed by atoms with Crippen molar-refractivity contribution in [1.82, 2.24) is 20.3 Å². The topological polar surface area (TPSA) is 80.0 Å². The molecule has 2 N–H and O–H groups in total. The molecular formula is C9H13F3N4O2. The summed E-state index contributed by atoms with van der Waals surface area (Å²) in [5.74, 6) is -0.586. The molecule has 0 saturated heterocycles. The highest BCUT2D eigenvalue weighted by Crippen LogP contribution is 2.30. The maximum Gasteiger partial charge on any atom is 0.435 e. The zero-order chi connectivity index (χ0) is 13.8. The minimum Gasteiger partial charge on any atom is -0.390 e. The van der Waals surface area contributed by atoms with Crippen molar-refractivity contribution in [3.63, 3.8) is 0 Å². The van der Waals surface area contributed by atoms with Crippen LogP contribution in [0.15, 0.2) is 0 Å². The number of carbonyl (C=O) groups excluding carboxylic acids is 1. The second-order valence-corrected chi connectivity index (χ2v) is 3.55. The molecular weight excluding hydrogens is 253 g/mol. The first-order valence-corrected chi connectivity index (χ1v) is 5.27. The van der Waals surface area contributed by atoms with Gasteiger partial charge in [0.2, 0.25) is 5.91 Å². The highest BCUT2D eigenvalue weighted by molar-refractivity contribution is 5.75. The van der Waals surface area contributed by atoms with Crippen molar-refractivity contribution >= 4 is 5.91 Å². The molecule has 0 aliphatic heterocycles. The predicted octanol–water partition coefficient (Wildman–Crippen LogP) is 0.315. The molecule has 0 fully saturated rings. The monoisotopic (exact) mass is 266 g/mol. The third-order valence-electron chi connectivity index (χ3n) is 2.09. The van der Waals surface area contributed by atoms with Crippen LogP contribution in [0.1, 0.15) is 24.7 Å². The number of nitrogens with one attached hydrogen (secondary N) is 1. The van der Waals surface area contributed by atoms with Crippen LogP contribution < -0.4 is 5.32 Å². The highest BCUT2D eigenvalue weighted by Gasteiger charge is 2.39. The summed E-state index contributed by atoms with van der Waals surface area (Å²) in [6.45, 7) is 0.732. The molecule has 0 aromatic carbocycles. The minimum atomic E-state index is -4.72. The van der Waals surface area contributed by atoms with Gasteiger partial charge in [-0.15, -0.1) is 5.10 Å². The molecule has 0 atom stereocenters. The van der Waals surface area contributed by atoms with E-state index in [1.54, 1.807) is 0 Å². The van der Waals surface area contributed by atoms with Gasteiger partial charge in [0.1, 0.15) is 12.2 Å². The lowest BCUT2D eigenvalue weighted by molar-refractivity contribution is -0.145. The summed E-state index contributed by atoms with van der Waals surface area (Å²) in [4.78, 5) is 11.3. The fraction of sp³-hybridized carbons (Fsp3) is 0.667. The van der Waals surface area contributed by atoms with E-state index in [1.807, 2.05) is 6.92 Å². The first kappa shape index (κ1) is 14.4. The van der Waals surface area contributed by atoms with E-state index in [-0.39, 0.29) is 0 Å². The zero-order valence-electron chi connectivity index (χ0n) is 9.66. The average Bonchev–Trinajstić information content (AvgIpc) is 2.68. The van der Waals surface area contributed by atoms with Gasteiger partial charge in [0.25, 0.3) is 0 Å². The van der Waals surface area contributed by atoms with Gasteiger partial charge in [0.05, 0.1) is 6.61 Å². The van der Waals surface area contributed by atoms with Crippen LogP contribution in [0.2, 0.25) is 0 Å². The van der Waals surface area contributed by atoms with Crippen LogP contribution in [0.5, 0.6) is 0 Å². The van der Waals surface area contributed by atoms with Gasteiger partial charge in [-0.3, -0.25) is 4.79 Å². The van der Waals surface area contributed by atoms with Crippen LogP contribution in [0, 0.1) is 0 Å². The second-order valence-electron chi connectivity index (χ2n) is 3.55. The fourth-order valence-electron chi connectivity index (χ4n) is 1.33. The van der Waals surface area contributed by atoms with Gasteiger partial charge in [0, 0.05) is 6.54 Å². The lowest BCUT2D eigenvalue weighted by Gasteiger charge is -2.10. The fourth-order valence-corrected chi connectivity index (χ4v) is 1.33. The molecule has 18 heavy (non-hydrogen) atoms. The summed E-state index contributed by atoms with van der Waals surface area (Å²) in [6, 6.07) is 0. The van der Waals surface area contributed by atoms with Crippen molar-refractivity contribution in [2.75, 3.05) is 6.54 Å². The molecule has 0 aliphatic rings. The van der Waals surface area contributed by atoms with Crippen LogP contribution in [0.25, 0.3) is 0 Å². The summed E-state index contributed by atoms with van der Waals surface area (Å²) >= 11 is 0. The Morgan fingerprint density at radius 2 is 2.17 bits per heavy atom. The lowest BCUT2D eigenvalue weighted by atomic mass is 10.3. The summed E-state index contributed by atoms with van der Waals surface area (Å²) < 4.78 is 38.5. The minimum absolute atomic E-state index is 0.377. The average molecular weight is 266 g/mol. The van der Waals surface area contributed by atoms with Gasteiger partial charge in [-0.2, -0.15) is 13.2 Å². The second kappa shape index (κ2) is 5.80. The van der Waals surface area contributed by atoms with E-state index in [0.717, 1.165) is 0 Å². The number of rotatable bonds is 5. The Kier molecular flexibility index (Phi) is 4.65. The van der Waals surface area contributed by atoms with E-state index in [1.165, 1.54) is 0 Å². The number of halogens is 3. The molecule has 1 aromatic heterocycles. The molecule has 102 valence electrons. The summed E-state index contributed by atoms with van der Waals surface area (Å²) in [7, 11) is 0. The molecule has 0 saturated carbocycles. The van der Waals surface area contributed by atoms with Gasteiger partial charge in [-0.05, 0) is 6.42 Å². The smallest absolute Gasteiger partial charge is 0.390 e. The molecule has 1 aromatic rings.